The predicted octanol–water partition coefficient (Wildman–Crippen LogP) is 2.38. The Balaban J connectivity index is 2.01. The molecule has 1 amide bonds. The van der Waals surface area contributed by atoms with Crippen LogP contribution in [0.3, 0.4) is 0 Å². The summed E-state index contributed by atoms with van der Waals surface area (Å²) in [5.74, 6) is 0.308. The highest BCUT2D eigenvalue weighted by Gasteiger charge is 2.32. The summed E-state index contributed by atoms with van der Waals surface area (Å²) in [5, 5.41) is 9.32. The summed E-state index contributed by atoms with van der Waals surface area (Å²) in [6.07, 6.45) is 10.0. The summed E-state index contributed by atoms with van der Waals surface area (Å²) in [6, 6.07) is 0. The molecule has 2 heterocycles. The number of amides is 1. The van der Waals surface area contributed by atoms with Gasteiger partial charge in [0.15, 0.2) is 0 Å². The van der Waals surface area contributed by atoms with Gasteiger partial charge in [0, 0.05) is 36.6 Å². The van der Waals surface area contributed by atoms with Crippen molar-refractivity contribution in [3.05, 3.63) is 35.8 Å². The molecule has 1 N–H and O–H groups in total. The molecule has 0 aromatic rings. The van der Waals surface area contributed by atoms with Crippen LogP contribution in [0.25, 0.3) is 0 Å². The Kier molecular flexibility index (Phi) is 2.42. The predicted molar refractivity (Wildman–Crippen MR) is 64.1 cm³/mol. The van der Waals surface area contributed by atoms with E-state index in [0.29, 0.717) is 5.92 Å². The third-order valence-electron chi connectivity index (χ3n) is 3.71. The molecule has 1 aliphatic carbocycles. The lowest BCUT2D eigenvalue weighted by Gasteiger charge is -2.27. The number of carbonyl (C=O) groups is 1. The highest BCUT2D eigenvalue weighted by molar-refractivity contribution is 5.69. The van der Waals surface area contributed by atoms with Crippen molar-refractivity contribution in [2.24, 2.45) is 5.92 Å². The van der Waals surface area contributed by atoms with E-state index in [-0.39, 0.29) is 0 Å². The zero-order valence-corrected chi connectivity index (χ0v) is 9.67. The minimum absolute atomic E-state index is 0.308. The first kappa shape index (κ1) is 10.4. The average Bonchev–Trinajstić information content (AvgIpc) is 2.68. The standard InChI is InChI=1S/C13H16N2O2/c16-13(17)15-9-11-5-3-7-14(11)8-10-4-1-2-6-12(10)15/h1-2,6,9-10H,3-5,7-8H2,(H,16,17). The summed E-state index contributed by atoms with van der Waals surface area (Å²) >= 11 is 0. The molecule has 3 aliphatic rings. The van der Waals surface area contributed by atoms with E-state index in [1.54, 1.807) is 6.20 Å². The largest absolute Gasteiger partial charge is 0.464 e. The van der Waals surface area contributed by atoms with Gasteiger partial charge in [-0.15, -0.1) is 0 Å². The van der Waals surface area contributed by atoms with Crippen LogP contribution < -0.4 is 0 Å². The van der Waals surface area contributed by atoms with Gasteiger partial charge in [-0.25, -0.2) is 4.79 Å². The van der Waals surface area contributed by atoms with Crippen molar-refractivity contribution in [3.63, 3.8) is 0 Å². The maximum absolute atomic E-state index is 11.3. The van der Waals surface area contributed by atoms with Gasteiger partial charge in [-0.05, 0) is 25.3 Å². The van der Waals surface area contributed by atoms with E-state index in [0.717, 1.165) is 38.0 Å². The summed E-state index contributed by atoms with van der Waals surface area (Å²) < 4.78 is 0. The maximum atomic E-state index is 11.3. The molecule has 0 aromatic carbocycles. The van der Waals surface area contributed by atoms with Crippen LogP contribution in [0.5, 0.6) is 0 Å². The van der Waals surface area contributed by atoms with Crippen LogP contribution in [-0.2, 0) is 0 Å². The fourth-order valence-electron chi connectivity index (χ4n) is 2.87. The Labute approximate surface area is 101 Å². The van der Waals surface area contributed by atoms with E-state index in [1.165, 1.54) is 10.6 Å². The summed E-state index contributed by atoms with van der Waals surface area (Å²) in [7, 11) is 0. The third-order valence-corrected chi connectivity index (χ3v) is 3.71. The first-order valence-corrected chi connectivity index (χ1v) is 6.10. The Morgan fingerprint density at radius 3 is 3.18 bits per heavy atom. The van der Waals surface area contributed by atoms with Crippen LogP contribution in [-0.4, -0.2) is 34.1 Å². The molecule has 4 nitrogen and oxygen atoms in total. The summed E-state index contributed by atoms with van der Waals surface area (Å²) in [6.45, 7) is 2.01. The minimum atomic E-state index is -0.877. The molecule has 1 atom stereocenters. The molecule has 0 spiro atoms. The molecule has 1 saturated heterocycles. The number of rotatable bonds is 0. The molecule has 17 heavy (non-hydrogen) atoms. The van der Waals surface area contributed by atoms with Gasteiger partial charge in [0.25, 0.3) is 0 Å². The smallest absolute Gasteiger partial charge is 0.415 e. The van der Waals surface area contributed by atoms with Gasteiger partial charge >= 0.3 is 6.09 Å². The quantitative estimate of drug-likeness (QED) is 0.697. The minimum Gasteiger partial charge on any atom is -0.464 e. The molecule has 1 unspecified atom stereocenters. The van der Waals surface area contributed by atoms with Crippen molar-refractivity contribution < 1.29 is 9.90 Å². The van der Waals surface area contributed by atoms with Crippen LogP contribution >= 0.6 is 0 Å². The van der Waals surface area contributed by atoms with Crippen LogP contribution in [0.4, 0.5) is 4.79 Å². The van der Waals surface area contributed by atoms with Gasteiger partial charge in [-0.3, -0.25) is 4.90 Å². The SMILES string of the molecule is O=C(O)N1C=C2CCCN2CC2CC=CC=C21. The normalized spacial score (nSPS) is 26.9. The van der Waals surface area contributed by atoms with Crippen molar-refractivity contribution in [2.45, 2.75) is 19.3 Å². The monoisotopic (exact) mass is 232 g/mol. The zero-order valence-electron chi connectivity index (χ0n) is 9.67. The van der Waals surface area contributed by atoms with Crippen LogP contribution in [0.1, 0.15) is 19.3 Å². The highest BCUT2D eigenvalue weighted by atomic mass is 16.4. The van der Waals surface area contributed by atoms with Crippen LogP contribution in [0, 0.1) is 5.92 Å². The lowest BCUT2D eigenvalue weighted by Crippen LogP contribution is -2.30. The molecule has 1 fully saturated rings. The van der Waals surface area contributed by atoms with E-state index in [1.807, 2.05) is 12.2 Å². The number of nitrogens with zero attached hydrogens (tertiary/aromatic N) is 2. The molecule has 90 valence electrons. The number of allylic oxidation sites excluding steroid dienone is 4. The average molecular weight is 232 g/mol. The Morgan fingerprint density at radius 2 is 2.35 bits per heavy atom. The summed E-state index contributed by atoms with van der Waals surface area (Å²) in [5.41, 5.74) is 2.09. The van der Waals surface area contributed by atoms with E-state index < -0.39 is 6.09 Å². The van der Waals surface area contributed by atoms with Gasteiger partial charge < -0.3 is 10.0 Å². The second-order valence-electron chi connectivity index (χ2n) is 4.77. The number of fused-ring (bicyclic) bond motifs is 2. The van der Waals surface area contributed by atoms with Crippen molar-refractivity contribution >= 4 is 6.09 Å². The molecule has 2 aliphatic heterocycles. The number of hydrogen-bond acceptors (Lipinski definition) is 2. The zero-order chi connectivity index (χ0) is 11.8. The van der Waals surface area contributed by atoms with Crippen molar-refractivity contribution in [1.29, 1.82) is 0 Å². The fourth-order valence-corrected chi connectivity index (χ4v) is 2.87. The second kappa shape index (κ2) is 3.95. The van der Waals surface area contributed by atoms with Gasteiger partial charge in [-0.2, -0.15) is 0 Å². The van der Waals surface area contributed by atoms with Crippen molar-refractivity contribution in [3.8, 4) is 0 Å². The maximum Gasteiger partial charge on any atom is 0.415 e. The van der Waals surface area contributed by atoms with Gasteiger partial charge in [0.2, 0.25) is 0 Å². The summed E-state index contributed by atoms with van der Waals surface area (Å²) in [4.78, 5) is 15.1. The third kappa shape index (κ3) is 1.73. The molecule has 0 bridgehead atoms. The molecule has 0 aromatic heterocycles. The van der Waals surface area contributed by atoms with Crippen LogP contribution in [0.2, 0.25) is 0 Å². The molecule has 0 saturated carbocycles. The van der Waals surface area contributed by atoms with E-state index in [9.17, 15) is 9.90 Å². The van der Waals surface area contributed by atoms with E-state index >= 15 is 0 Å². The Bertz CT molecular complexity index is 437. The van der Waals surface area contributed by atoms with Crippen LogP contribution in [0.15, 0.2) is 35.8 Å². The van der Waals surface area contributed by atoms with Crippen molar-refractivity contribution in [2.75, 3.05) is 13.1 Å². The topological polar surface area (TPSA) is 43.8 Å². The second-order valence-corrected chi connectivity index (χ2v) is 4.77. The molecule has 4 heteroatoms. The lowest BCUT2D eigenvalue weighted by atomic mass is 9.96. The fraction of sp³-hybridized carbons (Fsp3) is 0.462. The Hall–Kier alpha value is -1.71. The Morgan fingerprint density at radius 1 is 1.47 bits per heavy atom. The first-order valence-electron chi connectivity index (χ1n) is 6.10. The van der Waals surface area contributed by atoms with E-state index in [2.05, 4.69) is 11.0 Å². The number of carboxylic acid groups (broad SMARTS) is 1. The molecular formula is C13H16N2O2. The number of hydrogen-bond donors (Lipinski definition) is 1. The molecule has 0 radical (unpaired) electrons. The highest BCUT2D eigenvalue weighted by Crippen LogP contribution is 2.33. The molecule has 3 rings (SSSR count). The van der Waals surface area contributed by atoms with Gasteiger partial charge in [0.05, 0.1) is 0 Å². The first-order chi connectivity index (χ1) is 8.25. The van der Waals surface area contributed by atoms with Gasteiger partial charge in [0.1, 0.15) is 0 Å². The molecular weight excluding hydrogens is 216 g/mol. The van der Waals surface area contributed by atoms with Gasteiger partial charge in [-0.1, -0.05) is 12.2 Å². The lowest BCUT2D eigenvalue weighted by molar-refractivity contribution is 0.168. The van der Waals surface area contributed by atoms with Crippen molar-refractivity contribution in [1.82, 2.24) is 9.80 Å². The van der Waals surface area contributed by atoms with E-state index in [4.69, 9.17) is 0 Å².